The number of nitrogens with two attached hydrogens (primary N) is 1. The number of furan rings is 1. The van der Waals surface area contributed by atoms with E-state index in [0.29, 0.717) is 6.42 Å². The second-order valence-electron chi connectivity index (χ2n) is 3.19. The molecule has 0 aromatic carbocycles. The fourth-order valence-corrected chi connectivity index (χ4v) is 1.08. The molecule has 1 rings (SSSR count). The molecule has 0 radical (unpaired) electrons. The van der Waals surface area contributed by atoms with Gasteiger partial charge in [-0.15, -0.1) is 0 Å². The number of aliphatic hydroxyl groups excluding tert-OH is 1. The van der Waals surface area contributed by atoms with Crippen molar-refractivity contribution in [2.24, 2.45) is 5.84 Å². The minimum Gasteiger partial charge on any atom is -0.396 e. The number of hydrazine groups is 1. The van der Waals surface area contributed by atoms with E-state index in [1.807, 2.05) is 0 Å². The van der Waals surface area contributed by atoms with Crippen molar-refractivity contribution in [2.75, 3.05) is 6.61 Å². The zero-order valence-corrected chi connectivity index (χ0v) is 8.91. The van der Waals surface area contributed by atoms with Crippen LogP contribution in [0, 0.1) is 10.1 Å². The summed E-state index contributed by atoms with van der Waals surface area (Å²) in [5, 5.41) is 18.9. The SMILES string of the molecule is N/[N+](=C\c1ccc([N+](=O)[O-])o1)C(=O)CCCO. The van der Waals surface area contributed by atoms with Crippen molar-refractivity contribution >= 4 is 18.0 Å². The van der Waals surface area contributed by atoms with E-state index >= 15 is 0 Å². The zero-order valence-electron chi connectivity index (χ0n) is 8.91. The van der Waals surface area contributed by atoms with E-state index in [4.69, 9.17) is 15.4 Å². The molecule has 0 unspecified atom stereocenters. The lowest BCUT2D eigenvalue weighted by molar-refractivity contribution is -0.455. The molecular formula is C9H12N3O5+. The Morgan fingerprint density at radius 2 is 2.29 bits per heavy atom. The van der Waals surface area contributed by atoms with Crippen LogP contribution in [0.4, 0.5) is 5.88 Å². The Hall–Kier alpha value is -2.22. The molecule has 0 atom stereocenters. The van der Waals surface area contributed by atoms with Crippen molar-refractivity contribution in [2.45, 2.75) is 12.8 Å². The number of amides is 1. The number of hydrogen-bond acceptors (Lipinski definition) is 6. The summed E-state index contributed by atoms with van der Waals surface area (Å²) in [7, 11) is 0. The molecule has 1 heterocycles. The summed E-state index contributed by atoms with van der Waals surface area (Å²) in [5.74, 6) is 4.66. The second kappa shape index (κ2) is 5.75. The molecule has 1 aromatic rings. The van der Waals surface area contributed by atoms with E-state index in [2.05, 4.69) is 0 Å². The molecule has 0 spiro atoms. The number of hydrogen-bond donors (Lipinski definition) is 2. The van der Waals surface area contributed by atoms with Crippen LogP contribution in [0.15, 0.2) is 16.5 Å². The summed E-state index contributed by atoms with van der Waals surface area (Å²) in [6.07, 6.45) is 1.54. The second-order valence-corrected chi connectivity index (χ2v) is 3.19. The van der Waals surface area contributed by atoms with E-state index in [-0.39, 0.29) is 18.8 Å². The van der Waals surface area contributed by atoms with Crippen molar-refractivity contribution in [3.05, 3.63) is 28.0 Å². The highest BCUT2D eigenvalue weighted by atomic mass is 16.6. The summed E-state index contributed by atoms with van der Waals surface area (Å²) in [6.45, 7) is -0.105. The predicted octanol–water partition coefficient (Wildman–Crippen LogP) is -0.208. The maximum Gasteiger partial charge on any atom is 0.433 e. The third-order valence-electron chi connectivity index (χ3n) is 1.90. The van der Waals surface area contributed by atoms with Gasteiger partial charge in [0.25, 0.3) is 0 Å². The third-order valence-corrected chi connectivity index (χ3v) is 1.90. The standard InChI is InChI=1S/C9H12N3O5/c10-11(8(14)2-1-5-13)6-7-3-4-9(17-7)12(15)16/h3-4,6,13H,1-2,5,10H2/q+1/b11-6-. The van der Waals surface area contributed by atoms with Crippen molar-refractivity contribution < 1.29 is 23.9 Å². The molecule has 0 fully saturated rings. The highest BCUT2D eigenvalue weighted by Crippen LogP contribution is 2.13. The first-order valence-electron chi connectivity index (χ1n) is 4.81. The zero-order chi connectivity index (χ0) is 12.8. The van der Waals surface area contributed by atoms with Crippen LogP contribution in [0.5, 0.6) is 0 Å². The largest absolute Gasteiger partial charge is 0.433 e. The van der Waals surface area contributed by atoms with E-state index in [0.717, 1.165) is 17.0 Å². The van der Waals surface area contributed by atoms with Crippen molar-refractivity contribution in [1.29, 1.82) is 0 Å². The van der Waals surface area contributed by atoms with E-state index in [1.54, 1.807) is 0 Å². The molecule has 0 aliphatic carbocycles. The quantitative estimate of drug-likeness (QED) is 0.184. The Morgan fingerprint density at radius 1 is 1.59 bits per heavy atom. The Labute approximate surface area is 96.1 Å². The van der Waals surface area contributed by atoms with Gasteiger partial charge in [-0.05, 0) is 17.2 Å². The molecule has 8 nitrogen and oxygen atoms in total. The first-order chi connectivity index (χ1) is 8.04. The van der Waals surface area contributed by atoms with Gasteiger partial charge in [-0.1, -0.05) is 0 Å². The molecule has 0 aliphatic rings. The van der Waals surface area contributed by atoms with Crippen LogP contribution in [0.3, 0.4) is 0 Å². The maximum atomic E-state index is 11.3. The summed E-state index contributed by atoms with van der Waals surface area (Å²) in [4.78, 5) is 21.0. The number of nitrogens with zero attached hydrogens (tertiary/aromatic N) is 2. The Bertz CT molecular complexity index is 451. The highest BCUT2D eigenvalue weighted by molar-refractivity contribution is 5.79. The molecule has 0 saturated carbocycles. The van der Waals surface area contributed by atoms with Gasteiger partial charge in [-0.2, -0.15) is 0 Å². The van der Waals surface area contributed by atoms with Crippen LogP contribution in [-0.4, -0.2) is 33.4 Å². The van der Waals surface area contributed by atoms with Gasteiger partial charge in [0.2, 0.25) is 12.0 Å². The smallest absolute Gasteiger partial charge is 0.396 e. The minimum absolute atomic E-state index is 0.0896. The molecule has 8 heteroatoms. The topological polar surface area (TPSA) is 123 Å². The number of aliphatic hydroxyl groups is 1. The first-order valence-corrected chi connectivity index (χ1v) is 4.81. The fraction of sp³-hybridized carbons (Fsp3) is 0.333. The summed E-state index contributed by atoms with van der Waals surface area (Å²) in [5.41, 5.74) is 0. The van der Waals surface area contributed by atoms with Crippen molar-refractivity contribution in [1.82, 2.24) is 0 Å². The van der Waals surface area contributed by atoms with Gasteiger partial charge in [0.1, 0.15) is 4.92 Å². The lowest BCUT2D eigenvalue weighted by Gasteiger charge is -1.91. The van der Waals surface area contributed by atoms with E-state index in [1.165, 1.54) is 6.07 Å². The summed E-state index contributed by atoms with van der Waals surface area (Å²) < 4.78 is 5.57. The molecule has 17 heavy (non-hydrogen) atoms. The average Bonchev–Trinajstić information content (AvgIpc) is 2.74. The van der Waals surface area contributed by atoms with Gasteiger partial charge >= 0.3 is 11.8 Å². The lowest BCUT2D eigenvalue weighted by atomic mass is 10.3. The summed E-state index contributed by atoms with van der Waals surface area (Å²) >= 11 is 0. The van der Waals surface area contributed by atoms with Crippen LogP contribution in [0.25, 0.3) is 0 Å². The van der Waals surface area contributed by atoms with Gasteiger partial charge in [0, 0.05) is 6.61 Å². The van der Waals surface area contributed by atoms with E-state index in [9.17, 15) is 14.9 Å². The van der Waals surface area contributed by atoms with Crippen LogP contribution in [0.1, 0.15) is 18.6 Å². The van der Waals surface area contributed by atoms with Crippen molar-refractivity contribution in [3.63, 3.8) is 0 Å². The summed E-state index contributed by atoms with van der Waals surface area (Å²) in [6, 6.07) is 2.50. The van der Waals surface area contributed by atoms with Crippen LogP contribution < -0.4 is 5.84 Å². The van der Waals surface area contributed by atoms with Gasteiger partial charge in [0.15, 0.2) is 0 Å². The average molecular weight is 242 g/mol. The molecule has 0 saturated heterocycles. The minimum atomic E-state index is -0.689. The predicted molar refractivity (Wildman–Crippen MR) is 56.3 cm³/mol. The number of rotatable bonds is 5. The van der Waals surface area contributed by atoms with Crippen LogP contribution >= 0.6 is 0 Å². The van der Waals surface area contributed by atoms with Gasteiger partial charge in [-0.25, -0.2) is 10.6 Å². The molecule has 0 aliphatic heterocycles. The Kier molecular flexibility index (Phi) is 4.35. The van der Waals surface area contributed by atoms with Crippen molar-refractivity contribution in [3.8, 4) is 0 Å². The van der Waals surface area contributed by atoms with Gasteiger partial charge < -0.3 is 9.52 Å². The van der Waals surface area contributed by atoms with Gasteiger partial charge in [0.05, 0.1) is 12.5 Å². The number of carbonyl (C=O) groups is 1. The molecule has 1 aromatic heterocycles. The maximum absolute atomic E-state index is 11.3. The van der Waals surface area contributed by atoms with Crippen LogP contribution in [-0.2, 0) is 4.79 Å². The van der Waals surface area contributed by atoms with Gasteiger partial charge in [-0.3, -0.25) is 10.1 Å². The number of nitro groups is 1. The Balaban J connectivity index is 2.72. The monoisotopic (exact) mass is 242 g/mol. The molecule has 0 bridgehead atoms. The highest BCUT2D eigenvalue weighted by Gasteiger charge is 2.17. The Morgan fingerprint density at radius 3 is 2.82 bits per heavy atom. The lowest BCUT2D eigenvalue weighted by Crippen LogP contribution is -2.28. The molecule has 92 valence electrons. The third kappa shape index (κ3) is 3.68. The molecule has 1 amide bonds. The van der Waals surface area contributed by atoms with E-state index < -0.39 is 16.7 Å². The molecule has 3 N–H and O–H groups in total. The number of carbonyl (C=O) groups excluding carboxylic acids is 1. The number of hydrazone groups is 1. The normalized spacial score (nSPS) is 11.5. The first kappa shape index (κ1) is 12.8. The van der Waals surface area contributed by atoms with Crippen LogP contribution in [0.2, 0.25) is 0 Å². The molecular weight excluding hydrogens is 230 g/mol. The fourth-order valence-electron chi connectivity index (χ4n) is 1.08.